The average Bonchev–Trinajstić information content (AvgIpc) is 3.34. The average molecular weight is 403 g/mol. The van der Waals surface area contributed by atoms with E-state index in [4.69, 9.17) is 0 Å². The second-order valence-electron chi connectivity index (χ2n) is 7.78. The van der Waals surface area contributed by atoms with Crippen LogP contribution in [0.2, 0.25) is 0 Å². The van der Waals surface area contributed by atoms with Crippen LogP contribution >= 0.6 is 0 Å². The van der Waals surface area contributed by atoms with Crippen LogP contribution in [-0.4, -0.2) is 37.0 Å². The highest BCUT2D eigenvalue weighted by Crippen LogP contribution is 2.23. The van der Waals surface area contributed by atoms with Crippen LogP contribution < -0.4 is 5.32 Å². The van der Waals surface area contributed by atoms with Crippen molar-refractivity contribution in [2.45, 2.75) is 33.9 Å². The van der Waals surface area contributed by atoms with Gasteiger partial charge < -0.3 is 5.32 Å². The molecule has 4 aromatic rings. The van der Waals surface area contributed by atoms with Crippen molar-refractivity contribution < 1.29 is 4.79 Å². The summed E-state index contributed by atoms with van der Waals surface area (Å²) in [6.45, 7) is 7.87. The Bertz CT molecular complexity index is 1150. The number of nitrogens with one attached hydrogen (secondary N) is 1. The fourth-order valence-corrected chi connectivity index (χ4v) is 3.68. The van der Waals surface area contributed by atoms with Crippen molar-refractivity contribution in [2.24, 2.45) is 5.92 Å². The highest BCUT2D eigenvalue weighted by molar-refractivity contribution is 6.06. The van der Waals surface area contributed by atoms with Crippen LogP contribution in [0.25, 0.3) is 11.0 Å². The molecular weight excluding hydrogens is 376 g/mol. The zero-order valence-corrected chi connectivity index (χ0v) is 17.5. The molecule has 154 valence electrons. The Morgan fingerprint density at radius 2 is 1.97 bits per heavy atom. The van der Waals surface area contributed by atoms with E-state index in [2.05, 4.69) is 39.6 Å². The molecule has 0 fully saturated rings. The molecule has 0 unspecified atom stereocenters. The number of amides is 1. The third kappa shape index (κ3) is 4.25. The van der Waals surface area contributed by atoms with Crippen LogP contribution in [0, 0.1) is 19.8 Å². The molecule has 0 saturated carbocycles. The van der Waals surface area contributed by atoms with Crippen molar-refractivity contribution in [3.05, 3.63) is 77.4 Å². The fourth-order valence-electron chi connectivity index (χ4n) is 3.68. The minimum absolute atomic E-state index is 0.0971. The number of aryl methyl sites for hydroxylation is 2. The second-order valence-corrected chi connectivity index (χ2v) is 7.78. The van der Waals surface area contributed by atoms with Crippen LogP contribution in [0.5, 0.6) is 0 Å². The molecule has 3 heterocycles. The molecule has 7 nitrogen and oxygen atoms in total. The summed E-state index contributed by atoms with van der Waals surface area (Å²) in [6, 6.07) is 13.9. The molecular formula is C23H26N6O. The van der Waals surface area contributed by atoms with Gasteiger partial charge >= 0.3 is 0 Å². The maximum atomic E-state index is 13.0. The van der Waals surface area contributed by atoms with Crippen molar-refractivity contribution >= 4 is 16.9 Å². The zero-order valence-electron chi connectivity index (χ0n) is 17.5. The molecule has 0 aliphatic carbocycles. The van der Waals surface area contributed by atoms with Gasteiger partial charge in [0, 0.05) is 31.2 Å². The lowest BCUT2D eigenvalue weighted by Crippen LogP contribution is -2.30. The lowest BCUT2D eigenvalue weighted by molar-refractivity contribution is 0.0948. The Kier molecular flexibility index (Phi) is 5.61. The fraction of sp³-hybridized carbons (Fsp3) is 0.304. The summed E-state index contributed by atoms with van der Waals surface area (Å²) in [7, 11) is 0. The lowest BCUT2D eigenvalue weighted by Gasteiger charge is -2.13. The lowest BCUT2D eigenvalue weighted by atomic mass is 10.1. The Morgan fingerprint density at radius 1 is 1.17 bits per heavy atom. The molecule has 0 aliphatic rings. The number of nitrogens with zero attached hydrogens (tertiary/aromatic N) is 5. The van der Waals surface area contributed by atoms with Crippen molar-refractivity contribution in [1.29, 1.82) is 0 Å². The zero-order chi connectivity index (χ0) is 21.1. The summed E-state index contributed by atoms with van der Waals surface area (Å²) >= 11 is 0. The molecule has 4 rings (SSSR count). The van der Waals surface area contributed by atoms with E-state index >= 15 is 0 Å². The summed E-state index contributed by atoms with van der Waals surface area (Å²) in [5.41, 5.74) is 4.12. The number of hydrogen-bond acceptors (Lipinski definition) is 4. The highest BCUT2D eigenvalue weighted by Gasteiger charge is 2.19. The Hall–Kier alpha value is -3.48. The first kappa shape index (κ1) is 19.8. The summed E-state index contributed by atoms with van der Waals surface area (Å²) in [5.74, 6) is 0.161. The molecule has 1 amide bonds. The summed E-state index contributed by atoms with van der Waals surface area (Å²) in [4.78, 5) is 17.7. The molecule has 0 spiro atoms. The SMILES string of the molecule is Cc1cc(C(=O)NC[C@@H](C)Cn2cccn2)c2c(C)nn(Cc3ccccc3)c2n1. The highest BCUT2D eigenvalue weighted by atomic mass is 16.1. The van der Waals surface area contributed by atoms with Gasteiger partial charge in [0.1, 0.15) is 0 Å². The molecule has 0 aliphatic heterocycles. The molecule has 0 saturated heterocycles. The van der Waals surface area contributed by atoms with E-state index in [1.165, 1.54) is 0 Å². The molecule has 1 atom stereocenters. The van der Waals surface area contributed by atoms with Gasteiger partial charge in [0.2, 0.25) is 0 Å². The number of rotatable bonds is 7. The van der Waals surface area contributed by atoms with Crippen molar-refractivity contribution in [3.8, 4) is 0 Å². The second kappa shape index (κ2) is 8.49. The van der Waals surface area contributed by atoms with Gasteiger partial charge in [-0.05, 0) is 37.5 Å². The molecule has 0 radical (unpaired) electrons. The summed E-state index contributed by atoms with van der Waals surface area (Å²) < 4.78 is 3.76. The van der Waals surface area contributed by atoms with E-state index in [9.17, 15) is 4.79 Å². The smallest absolute Gasteiger partial charge is 0.252 e. The van der Waals surface area contributed by atoms with Crippen molar-refractivity contribution in [2.75, 3.05) is 6.54 Å². The van der Waals surface area contributed by atoms with Gasteiger partial charge in [-0.2, -0.15) is 10.2 Å². The number of aromatic nitrogens is 5. The van der Waals surface area contributed by atoms with E-state index in [-0.39, 0.29) is 11.8 Å². The number of pyridine rings is 1. The normalized spacial score (nSPS) is 12.2. The Labute approximate surface area is 175 Å². The van der Waals surface area contributed by atoms with Crippen LogP contribution in [0.3, 0.4) is 0 Å². The van der Waals surface area contributed by atoms with Crippen molar-refractivity contribution in [3.63, 3.8) is 0 Å². The van der Waals surface area contributed by atoms with Crippen LogP contribution in [0.1, 0.15) is 34.2 Å². The van der Waals surface area contributed by atoms with E-state index in [1.54, 1.807) is 6.20 Å². The molecule has 7 heteroatoms. The standard InChI is InChI=1S/C23H26N6O/c1-16(14-28-11-7-10-25-28)13-24-23(30)20-12-17(2)26-22-21(20)18(3)27-29(22)15-19-8-5-4-6-9-19/h4-12,16H,13-15H2,1-3H3,(H,24,30)/t16-/m1/s1. The number of fused-ring (bicyclic) bond motifs is 1. The first-order chi connectivity index (χ1) is 14.5. The minimum Gasteiger partial charge on any atom is -0.352 e. The van der Waals surface area contributed by atoms with E-state index in [0.717, 1.165) is 34.5 Å². The molecule has 1 aromatic carbocycles. The monoisotopic (exact) mass is 402 g/mol. The summed E-state index contributed by atoms with van der Waals surface area (Å²) in [5, 5.41) is 12.8. The van der Waals surface area contributed by atoms with Gasteiger partial charge in [-0.1, -0.05) is 37.3 Å². The van der Waals surface area contributed by atoms with Gasteiger partial charge in [-0.3, -0.25) is 9.48 Å². The van der Waals surface area contributed by atoms with Gasteiger partial charge in [-0.25, -0.2) is 9.67 Å². The third-order valence-electron chi connectivity index (χ3n) is 5.09. The van der Waals surface area contributed by atoms with E-state index < -0.39 is 0 Å². The largest absolute Gasteiger partial charge is 0.352 e. The van der Waals surface area contributed by atoms with Gasteiger partial charge in [-0.15, -0.1) is 0 Å². The topological polar surface area (TPSA) is 77.6 Å². The first-order valence-corrected chi connectivity index (χ1v) is 10.2. The minimum atomic E-state index is -0.0971. The van der Waals surface area contributed by atoms with Crippen molar-refractivity contribution in [1.82, 2.24) is 29.9 Å². The van der Waals surface area contributed by atoms with E-state index in [0.29, 0.717) is 18.7 Å². The Morgan fingerprint density at radius 3 is 2.70 bits per heavy atom. The van der Waals surface area contributed by atoms with Gasteiger partial charge in [0.25, 0.3) is 5.91 Å². The van der Waals surface area contributed by atoms with E-state index in [1.807, 2.05) is 59.7 Å². The summed E-state index contributed by atoms with van der Waals surface area (Å²) in [6.07, 6.45) is 3.69. The number of benzene rings is 1. The first-order valence-electron chi connectivity index (χ1n) is 10.2. The maximum absolute atomic E-state index is 13.0. The number of carbonyl (C=O) groups excluding carboxylic acids is 1. The quantitative estimate of drug-likeness (QED) is 0.514. The molecule has 30 heavy (non-hydrogen) atoms. The molecule has 0 bridgehead atoms. The predicted octanol–water partition coefficient (Wildman–Crippen LogP) is 3.36. The van der Waals surface area contributed by atoms with Crippen LogP contribution in [-0.2, 0) is 13.1 Å². The predicted molar refractivity (Wildman–Crippen MR) is 116 cm³/mol. The maximum Gasteiger partial charge on any atom is 0.252 e. The van der Waals surface area contributed by atoms with Gasteiger partial charge in [0.15, 0.2) is 5.65 Å². The number of carbonyl (C=O) groups is 1. The molecule has 3 aromatic heterocycles. The Balaban J connectivity index is 1.56. The molecule has 1 N–H and O–H groups in total. The van der Waals surface area contributed by atoms with Gasteiger partial charge in [0.05, 0.1) is 23.2 Å². The van der Waals surface area contributed by atoms with Crippen LogP contribution in [0.15, 0.2) is 54.9 Å². The number of hydrogen-bond donors (Lipinski definition) is 1. The van der Waals surface area contributed by atoms with Crippen LogP contribution in [0.4, 0.5) is 0 Å². The third-order valence-corrected chi connectivity index (χ3v) is 5.09.